The number of amides is 1. The first-order valence-corrected chi connectivity index (χ1v) is 9.44. The number of fused-ring (bicyclic) bond motifs is 1. The van der Waals surface area contributed by atoms with Crippen LogP contribution in [-0.4, -0.2) is 34.0 Å². The number of aromatic nitrogens is 2. The van der Waals surface area contributed by atoms with Crippen molar-refractivity contribution in [3.63, 3.8) is 0 Å². The SMILES string of the molecule is CCc1cc(C(F)(F)F)c2c([C@@H]3CCCN(C(=O)[C@H]4C[C@H]4C)C3)noc2n1. The topological polar surface area (TPSA) is 59.2 Å². The second-order valence-corrected chi connectivity index (χ2v) is 7.70. The van der Waals surface area contributed by atoms with Gasteiger partial charge in [0.15, 0.2) is 0 Å². The highest BCUT2D eigenvalue weighted by Crippen LogP contribution is 2.42. The van der Waals surface area contributed by atoms with Crippen molar-refractivity contribution >= 4 is 17.0 Å². The van der Waals surface area contributed by atoms with E-state index in [1.54, 1.807) is 11.8 Å². The van der Waals surface area contributed by atoms with E-state index in [1.807, 2.05) is 6.92 Å². The predicted octanol–water partition coefficient (Wildman–Crippen LogP) is 4.17. The maximum absolute atomic E-state index is 13.7. The molecule has 3 heterocycles. The third kappa shape index (κ3) is 3.30. The molecule has 2 aromatic heterocycles. The van der Waals surface area contributed by atoms with Crippen molar-refractivity contribution in [2.75, 3.05) is 13.1 Å². The van der Waals surface area contributed by atoms with E-state index in [4.69, 9.17) is 4.52 Å². The molecular weight excluding hydrogens is 359 g/mol. The number of piperidine rings is 1. The van der Waals surface area contributed by atoms with Gasteiger partial charge in [-0.1, -0.05) is 19.0 Å². The molecule has 1 aliphatic heterocycles. The van der Waals surface area contributed by atoms with Crippen molar-refractivity contribution < 1.29 is 22.5 Å². The van der Waals surface area contributed by atoms with Crippen LogP contribution in [0.2, 0.25) is 0 Å². The fraction of sp³-hybridized carbons (Fsp3) is 0.632. The van der Waals surface area contributed by atoms with Crippen LogP contribution >= 0.6 is 0 Å². The van der Waals surface area contributed by atoms with Gasteiger partial charge in [-0.15, -0.1) is 0 Å². The summed E-state index contributed by atoms with van der Waals surface area (Å²) in [5.41, 5.74) is -0.231. The van der Waals surface area contributed by atoms with Gasteiger partial charge in [0, 0.05) is 30.6 Å². The standard InChI is InChI=1S/C19H22F3N3O2/c1-3-12-8-14(19(20,21)22)15-16(24-27-17(15)23-12)11-5-4-6-25(9-11)18(26)13-7-10(13)2/h8,10-11,13H,3-7,9H2,1-2H3/t10-,11-,13+/m1/s1. The Morgan fingerprint density at radius 1 is 1.41 bits per heavy atom. The summed E-state index contributed by atoms with van der Waals surface area (Å²) in [5, 5.41) is 3.91. The Kier molecular flexibility index (Phi) is 4.39. The minimum absolute atomic E-state index is 0.0567. The number of alkyl halides is 3. The predicted molar refractivity (Wildman–Crippen MR) is 92.0 cm³/mol. The number of rotatable bonds is 3. The lowest BCUT2D eigenvalue weighted by molar-refractivity contribution is -0.136. The van der Waals surface area contributed by atoms with E-state index in [9.17, 15) is 18.0 Å². The number of carbonyl (C=O) groups excluding carboxylic acids is 1. The molecule has 0 N–H and O–H groups in total. The third-order valence-corrected chi connectivity index (χ3v) is 5.74. The zero-order valence-corrected chi connectivity index (χ0v) is 15.3. The summed E-state index contributed by atoms with van der Waals surface area (Å²) in [6.07, 6.45) is -1.82. The number of likely N-dealkylation sites (tertiary alicyclic amines) is 1. The lowest BCUT2D eigenvalue weighted by atomic mass is 9.91. The van der Waals surface area contributed by atoms with Crippen molar-refractivity contribution in [1.29, 1.82) is 0 Å². The molecule has 8 heteroatoms. The molecule has 1 saturated carbocycles. The van der Waals surface area contributed by atoms with E-state index in [0.29, 0.717) is 37.5 Å². The highest BCUT2D eigenvalue weighted by molar-refractivity contribution is 5.83. The number of halogens is 3. The second kappa shape index (κ2) is 6.49. The molecule has 2 aromatic rings. The Bertz CT molecular complexity index is 877. The van der Waals surface area contributed by atoms with Crippen molar-refractivity contribution in [3.8, 4) is 0 Å². The van der Waals surface area contributed by atoms with E-state index in [0.717, 1.165) is 18.9 Å². The van der Waals surface area contributed by atoms with Crippen LogP contribution in [0, 0.1) is 11.8 Å². The summed E-state index contributed by atoms with van der Waals surface area (Å²) in [5.74, 6) is 0.312. The molecule has 1 amide bonds. The van der Waals surface area contributed by atoms with Crippen molar-refractivity contribution in [3.05, 3.63) is 23.0 Å². The lowest BCUT2D eigenvalue weighted by Crippen LogP contribution is -2.40. The zero-order valence-electron chi connectivity index (χ0n) is 15.3. The van der Waals surface area contributed by atoms with Gasteiger partial charge in [0.1, 0.15) is 0 Å². The van der Waals surface area contributed by atoms with Gasteiger partial charge in [0.2, 0.25) is 5.91 Å². The molecular formula is C19H22F3N3O2. The number of nitrogens with zero attached hydrogens (tertiary/aromatic N) is 3. The number of carbonyl (C=O) groups is 1. The second-order valence-electron chi connectivity index (χ2n) is 7.70. The van der Waals surface area contributed by atoms with Crippen LogP contribution in [0.4, 0.5) is 13.2 Å². The summed E-state index contributed by atoms with van der Waals surface area (Å²) in [4.78, 5) is 18.5. The number of aryl methyl sites for hydroxylation is 1. The lowest BCUT2D eigenvalue weighted by Gasteiger charge is -2.32. The largest absolute Gasteiger partial charge is 0.417 e. The van der Waals surface area contributed by atoms with Gasteiger partial charge < -0.3 is 9.42 Å². The van der Waals surface area contributed by atoms with E-state index in [1.165, 1.54) is 0 Å². The quantitative estimate of drug-likeness (QED) is 0.801. The van der Waals surface area contributed by atoms with Gasteiger partial charge >= 0.3 is 6.18 Å². The van der Waals surface area contributed by atoms with Gasteiger partial charge in [-0.05, 0) is 37.7 Å². The highest BCUT2D eigenvalue weighted by Gasteiger charge is 2.43. The Labute approximate surface area is 154 Å². The molecule has 0 radical (unpaired) electrons. The van der Waals surface area contributed by atoms with Gasteiger partial charge in [-0.3, -0.25) is 4.79 Å². The van der Waals surface area contributed by atoms with E-state index < -0.39 is 11.7 Å². The smallest absolute Gasteiger partial charge is 0.342 e. The van der Waals surface area contributed by atoms with Crippen molar-refractivity contribution in [1.82, 2.24) is 15.0 Å². The molecule has 4 rings (SSSR count). The molecule has 146 valence electrons. The maximum atomic E-state index is 13.7. The first kappa shape index (κ1) is 18.3. The number of hydrogen-bond acceptors (Lipinski definition) is 4. The Morgan fingerprint density at radius 2 is 2.15 bits per heavy atom. The van der Waals surface area contributed by atoms with Crippen LogP contribution in [0.25, 0.3) is 11.1 Å². The van der Waals surface area contributed by atoms with Gasteiger partial charge in [0.05, 0.1) is 16.6 Å². The van der Waals surface area contributed by atoms with Crippen LogP contribution in [0.3, 0.4) is 0 Å². The molecule has 0 aromatic carbocycles. The first-order valence-electron chi connectivity index (χ1n) is 9.44. The Hall–Kier alpha value is -2.12. The van der Waals surface area contributed by atoms with E-state index >= 15 is 0 Å². The van der Waals surface area contributed by atoms with E-state index in [2.05, 4.69) is 10.1 Å². The summed E-state index contributed by atoms with van der Waals surface area (Å²) in [6, 6.07) is 1.08. The summed E-state index contributed by atoms with van der Waals surface area (Å²) in [6.45, 7) is 4.83. The Morgan fingerprint density at radius 3 is 2.78 bits per heavy atom. The van der Waals surface area contributed by atoms with Gasteiger partial charge in [-0.2, -0.15) is 13.2 Å². The minimum atomic E-state index is -4.51. The summed E-state index contributed by atoms with van der Waals surface area (Å²) < 4.78 is 46.2. The molecule has 27 heavy (non-hydrogen) atoms. The average molecular weight is 381 g/mol. The average Bonchev–Trinajstić information content (AvgIpc) is 3.22. The van der Waals surface area contributed by atoms with Crippen LogP contribution in [0.5, 0.6) is 0 Å². The summed E-state index contributed by atoms with van der Waals surface area (Å²) in [7, 11) is 0. The monoisotopic (exact) mass is 381 g/mol. The molecule has 3 atom stereocenters. The van der Waals surface area contributed by atoms with Crippen molar-refractivity contribution in [2.45, 2.75) is 51.6 Å². The molecule has 2 aliphatic rings. The van der Waals surface area contributed by atoms with Crippen LogP contribution < -0.4 is 0 Å². The normalized spacial score (nSPS) is 25.8. The van der Waals surface area contributed by atoms with E-state index in [-0.39, 0.29) is 34.5 Å². The molecule has 0 unspecified atom stereocenters. The number of pyridine rings is 1. The van der Waals surface area contributed by atoms with Crippen LogP contribution in [-0.2, 0) is 17.4 Å². The van der Waals surface area contributed by atoms with Crippen LogP contribution in [0.1, 0.15) is 56.0 Å². The third-order valence-electron chi connectivity index (χ3n) is 5.74. The minimum Gasteiger partial charge on any atom is -0.342 e. The molecule has 1 aliphatic carbocycles. The summed E-state index contributed by atoms with van der Waals surface area (Å²) >= 11 is 0. The number of hydrogen-bond donors (Lipinski definition) is 0. The molecule has 5 nitrogen and oxygen atoms in total. The van der Waals surface area contributed by atoms with Crippen molar-refractivity contribution in [2.24, 2.45) is 11.8 Å². The van der Waals surface area contributed by atoms with Gasteiger partial charge in [0.25, 0.3) is 5.71 Å². The fourth-order valence-electron chi connectivity index (χ4n) is 4.01. The first-order chi connectivity index (χ1) is 12.8. The maximum Gasteiger partial charge on any atom is 0.417 e. The fourth-order valence-corrected chi connectivity index (χ4v) is 4.01. The molecule has 0 bridgehead atoms. The van der Waals surface area contributed by atoms with Crippen LogP contribution in [0.15, 0.2) is 10.6 Å². The molecule has 0 spiro atoms. The van der Waals surface area contributed by atoms with Gasteiger partial charge in [-0.25, -0.2) is 4.98 Å². The zero-order chi connectivity index (χ0) is 19.3. The Balaban J connectivity index is 1.70. The highest BCUT2D eigenvalue weighted by atomic mass is 19.4. The molecule has 1 saturated heterocycles. The molecule has 2 fully saturated rings.